The Morgan fingerprint density at radius 1 is 1.13 bits per heavy atom. The summed E-state index contributed by atoms with van der Waals surface area (Å²) < 4.78 is 0. The van der Waals surface area contributed by atoms with E-state index in [9.17, 15) is 0 Å². The standard InChI is InChI=1S/C23H36/c1-18(2)13-14-19(3)10-8-11-20(4)15-16-22-21(5)12-9-17-23(22,6)7/h8,10-11,14-16,18H,9,12-13,17H2,1-7H3/b10-8+,16-15+,19-14+,20-11+. The molecule has 1 rings (SSSR count). The van der Waals surface area contributed by atoms with E-state index in [2.05, 4.69) is 84.9 Å². The monoisotopic (exact) mass is 312 g/mol. The summed E-state index contributed by atoms with van der Waals surface area (Å²) in [5, 5.41) is 0. The van der Waals surface area contributed by atoms with Gasteiger partial charge in [0.05, 0.1) is 0 Å². The molecule has 0 aliphatic heterocycles. The van der Waals surface area contributed by atoms with Crippen molar-refractivity contribution in [1.29, 1.82) is 0 Å². The lowest BCUT2D eigenvalue weighted by molar-refractivity contribution is 0.377. The number of hydrogen-bond donors (Lipinski definition) is 0. The molecule has 23 heavy (non-hydrogen) atoms. The number of allylic oxidation sites excluding steroid dienone is 10. The average molecular weight is 313 g/mol. The molecular weight excluding hydrogens is 276 g/mol. The Morgan fingerprint density at radius 3 is 2.43 bits per heavy atom. The first kappa shape index (κ1) is 19.7. The Morgan fingerprint density at radius 2 is 1.83 bits per heavy atom. The molecule has 128 valence electrons. The first-order valence-electron chi connectivity index (χ1n) is 9.12. The predicted molar refractivity (Wildman–Crippen MR) is 106 cm³/mol. The van der Waals surface area contributed by atoms with Crippen molar-refractivity contribution >= 4 is 0 Å². The van der Waals surface area contributed by atoms with E-state index in [1.54, 1.807) is 5.57 Å². The van der Waals surface area contributed by atoms with Crippen molar-refractivity contribution in [3.05, 3.63) is 58.7 Å². The van der Waals surface area contributed by atoms with Crippen molar-refractivity contribution in [2.45, 2.75) is 74.1 Å². The molecule has 0 unspecified atom stereocenters. The topological polar surface area (TPSA) is 0 Å². The minimum atomic E-state index is 0.325. The molecule has 0 atom stereocenters. The molecular formula is C23H36. The SMILES string of the molecule is CC1=C(/C=C/C(C)=C/C=C/C(C)=C/CC(C)C)C(C)(C)CCC1. The molecule has 0 fully saturated rings. The van der Waals surface area contributed by atoms with Crippen molar-refractivity contribution in [3.8, 4) is 0 Å². The second-order valence-electron chi connectivity index (χ2n) is 8.11. The van der Waals surface area contributed by atoms with Crippen molar-refractivity contribution in [2.75, 3.05) is 0 Å². The summed E-state index contributed by atoms with van der Waals surface area (Å²) in [5.41, 5.74) is 6.07. The second kappa shape index (κ2) is 9.11. The summed E-state index contributed by atoms with van der Waals surface area (Å²) >= 11 is 0. The molecule has 0 radical (unpaired) electrons. The summed E-state index contributed by atoms with van der Waals surface area (Å²) in [6, 6.07) is 0. The smallest absolute Gasteiger partial charge is 0.0104 e. The number of hydrogen-bond acceptors (Lipinski definition) is 0. The van der Waals surface area contributed by atoms with E-state index >= 15 is 0 Å². The Balaban J connectivity index is 2.71. The van der Waals surface area contributed by atoms with Gasteiger partial charge in [-0.1, -0.05) is 80.9 Å². The summed E-state index contributed by atoms with van der Waals surface area (Å²) in [5.74, 6) is 0.730. The van der Waals surface area contributed by atoms with Crippen LogP contribution in [0.3, 0.4) is 0 Å². The highest BCUT2D eigenvalue weighted by Gasteiger charge is 2.26. The highest BCUT2D eigenvalue weighted by molar-refractivity contribution is 5.37. The maximum absolute atomic E-state index is 2.37. The normalized spacial score (nSPS) is 20.3. The van der Waals surface area contributed by atoms with Gasteiger partial charge in [-0.15, -0.1) is 0 Å². The second-order valence-corrected chi connectivity index (χ2v) is 8.11. The van der Waals surface area contributed by atoms with Crippen molar-refractivity contribution in [1.82, 2.24) is 0 Å². The molecule has 0 bridgehead atoms. The van der Waals surface area contributed by atoms with Crippen LogP contribution in [0.15, 0.2) is 58.7 Å². The van der Waals surface area contributed by atoms with Crippen LogP contribution >= 0.6 is 0 Å². The zero-order valence-electron chi connectivity index (χ0n) is 16.4. The highest BCUT2D eigenvalue weighted by Crippen LogP contribution is 2.40. The zero-order chi connectivity index (χ0) is 17.5. The lowest BCUT2D eigenvalue weighted by atomic mass is 9.72. The van der Waals surface area contributed by atoms with Gasteiger partial charge in [0.15, 0.2) is 0 Å². The summed E-state index contributed by atoms with van der Waals surface area (Å²) in [4.78, 5) is 0. The summed E-state index contributed by atoms with van der Waals surface area (Å²) in [7, 11) is 0. The largest absolute Gasteiger partial charge is 0.0813 e. The maximum Gasteiger partial charge on any atom is -0.0104 e. The van der Waals surface area contributed by atoms with Crippen LogP contribution in [0.2, 0.25) is 0 Å². The molecule has 0 nitrogen and oxygen atoms in total. The quantitative estimate of drug-likeness (QED) is 0.444. The van der Waals surface area contributed by atoms with Crippen LogP contribution in [0.1, 0.15) is 74.1 Å². The van der Waals surface area contributed by atoms with Gasteiger partial charge in [0.25, 0.3) is 0 Å². The van der Waals surface area contributed by atoms with E-state index < -0.39 is 0 Å². The lowest BCUT2D eigenvalue weighted by Crippen LogP contribution is -2.19. The van der Waals surface area contributed by atoms with E-state index in [1.165, 1.54) is 36.0 Å². The number of rotatable bonds is 6. The molecule has 0 heteroatoms. The minimum absolute atomic E-state index is 0.325. The molecule has 1 aliphatic rings. The van der Waals surface area contributed by atoms with Crippen LogP contribution in [0.25, 0.3) is 0 Å². The summed E-state index contributed by atoms with van der Waals surface area (Å²) in [6.07, 6.45) is 18.5. The van der Waals surface area contributed by atoms with Crippen LogP contribution in [0.4, 0.5) is 0 Å². The van der Waals surface area contributed by atoms with Gasteiger partial charge >= 0.3 is 0 Å². The Hall–Kier alpha value is -1.30. The molecule has 1 aliphatic carbocycles. The highest BCUT2D eigenvalue weighted by atomic mass is 14.3. The van der Waals surface area contributed by atoms with Gasteiger partial charge in [-0.2, -0.15) is 0 Å². The fraction of sp³-hybridized carbons (Fsp3) is 0.565. The van der Waals surface area contributed by atoms with E-state index in [0.717, 1.165) is 12.3 Å². The van der Waals surface area contributed by atoms with Crippen LogP contribution in [0, 0.1) is 11.3 Å². The first-order valence-corrected chi connectivity index (χ1v) is 9.12. The fourth-order valence-corrected chi connectivity index (χ4v) is 3.12. The Bertz CT molecular complexity index is 530. The molecule has 0 aromatic rings. The molecule has 0 heterocycles. The molecule has 0 aromatic carbocycles. The zero-order valence-corrected chi connectivity index (χ0v) is 16.4. The Kier molecular flexibility index (Phi) is 7.82. The van der Waals surface area contributed by atoms with Crippen LogP contribution in [0.5, 0.6) is 0 Å². The lowest BCUT2D eigenvalue weighted by Gasteiger charge is -2.32. The molecule has 0 saturated carbocycles. The molecule has 0 aromatic heterocycles. The van der Waals surface area contributed by atoms with Crippen molar-refractivity contribution in [3.63, 3.8) is 0 Å². The molecule has 0 N–H and O–H groups in total. The maximum atomic E-state index is 2.37. The third-order valence-corrected chi connectivity index (χ3v) is 4.68. The van der Waals surface area contributed by atoms with E-state index in [4.69, 9.17) is 0 Å². The average Bonchev–Trinajstić information content (AvgIpc) is 2.44. The Labute approximate surface area is 144 Å². The van der Waals surface area contributed by atoms with Crippen LogP contribution in [-0.2, 0) is 0 Å². The van der Waals surface area contributed by atoms with E-state index in [0.29, 0.717) is 5.41 Å². The van der Waals surface area contributed by atoms with Gasteiger partial charge in [-0.05, 0) is 63.4 Å². The first-order chi connectivity index (χ1) is 10.7. The minimum Gasteiger partial charge on any atom is -0.0813 e. The predicted octanol–water partition coefficient (Wildman–Crippen LogP) is 7.56. The van der Waals surface area contributed by atoms with E-state index in [1.807, 2.05) is 0 Å². The van der Waals surface area contributed by atoms with Gasteiger partial charge in [0.1, 0.15) is 0 Å². The third-order valence-electron chi connectivity index (χ3n) is 4.68. The van der Waals surface area contributed by atoms with Gasteiger partial charge in [-0.3, -0.25) is 0 Å². The van der Waals surface area contributed by atoms with Gasteiger partial charge < -0.3 is 0 Å². The fourth-order valence-electron chi connectivity index (χ4n) is 3.12. The van der Waals surface area contributed by atoms with Crippen molar-refractivity contribution < 1.29 is 0 Å². The van der Waals surface area contributed by atoms with Crippen molar-refractivity contribution in [2.24, 2.45) is 11.3 Å². The van der Waals surface area contributed by atoms with Gasteiger partial charge in [0, 0.05) is 0 Å². The van der Waals surface area contributed by atoms with Gasteiger partial charge in [-0.25, -0.2) is 0 Å². The summed E-state index contributed by atoms with van der Waals surface area (Å²) in [6.45, 7) is 15.9. The van der Waals surface area contributed by atoms with E-state index in [-0.39, 0.29) is 0 Å². The van der Waals surface area contributed by atoms with Gasteiger partial charge in [0.2, 0.25) is 0 Å². The van der Waals surface area contributed by atoms with Crippen LogP contribution < -0.4 is 0 Å². The third kappa shape index (κ3) is 7.20. The molecule has 0 saturated heterocycles. The molecule has 0 spiro atoms. The molecule has 0 amide bonds. The van der Waals surface area contributed by atoms with Crippen LogP contribution in [-0.4, -0.2) is 0 Å².